The van der Waals surface area contributed by atoms with Gasteiger partial charge < -0.3 is 20.3 Å². The third kappa shape index (κ3) is 2.36. The molecule has 1 rings (SSSR count). The fourth-order valence-corrected chi connectivity index (χ4v) is 1.02. The van der Waals surface area contributed by atoms with Gasteiger partial charge in [0.2, 0.25) is 0 Å². The lowest BCUT2D eigenvalue weighted by atomic mass is 10.1. The number of carbonyl (C=O) groups is 1. The summed E-state index contributed by atoms with van der Waals surface area (Å²) >= 11 is 0. The third-order valence-electron chi connectivity index (χ3n) is 1.63. The summed E-state index contributed by atoms with van der Waals surface area (Å²) in [7, 11) is 0. The SMILES string of the molecule is O=C(O)N[C@H]1COCC[C@@H]1O. The Morgan fingerprint density at radius 2 is 2.36 bits per heavy atom. The van der Waals surface area contributed by atoms with Crippen molar-refractivity contribution in [2.75, 3.05) is 13.2 Å². The standard InChI is InChI=1S/C6H11NO4/c8-5-1-2-11-3-4(5)7-6(9)10/h4-5,7-8H,1-3H2,(H,9,10)/t4-,5-/m0/s1. The minimum atomic E-state index is -1.13. The van der Waals surface area contributed by atoms with E-state index in [9.17, 15) is 9.90 Å². The first-order chi connectivity index (χ1) is 5.20. The van der Waals surface area contributed by atoms with Gasteiger partial charge in [-0.3, -0.25) is 0 Å². The lowest BCUT2D eigenvalue weighted by Crippen LogP contribution is -2.48. The molecule has 0 aromatic carbocycles. The Hall–Kier alpha value is -0.810. The zero-order valence-electron chi connectivity index (χ0n) is 5.99. The molecule has 0 aromatic heterocycles. The van der Waals surface area contributed by atoms with E-state index >= 15 is 0 Å². The van der Waals surface area contributed by atoms with Crippen molar-refractivity contribution in [1.82, 2.24) is 5.32 Å². The van der Waals surface area contributed by atoms with Crippen LogP contribution in [0, 0.1) is 0 Å². The van der Waals surface area contributed by atoms with E-state index < -0.39 is 18.2 Å². The molecular formula is C6H11NO4. The first kappa shape index (κ1) is 8.29. The van der Waals surface area contributed by atoms with Crippen LogP contribution in [-0.4, -0.2) is 41.7 Å². The maximum Gasteiger partial charge on any atom is 0.405 e. The maximum absolute atomic E-state index is 10.1. The summed E-state index contributed by atoms with van der Waals surface area (Å²) in [6, 6.07) is -0.471. The van der Waals surface area contributed by atoms with Gasteiger partial charge in [0.05, 0.1) is 18.8 Å². The summed E-state index contributed by atoms with van der Waals surface area (Å²) in [6.45, 7) is 0.756. The van der Waals surface area contributed by atoms with Crippen molar-refractivity contribution < 1.29 is 19.7 Å². The van der Waals surface area contributed by atoms with Crippen molar-refractivity contribution in [1.29, 1.82) is 0 Å². The number of hydrogen-bond donors (Lipinski definition) is 3. The van der Waals surface area contributed by atoms with E-state index in [2.05, 4.69) is 5.32 Å². The van der Waals surface area contributed by atoms with E-state index in [4.69, 9.17) is 9.84 Å². The Bertz CT molecular complexity index is 150. The predicted molar refractivity (Wildman–Crippen MR) is 36.4 cm³/mol. The number of aliphatic hydroxyl groups excluding tert-OH is 1. The van der Waals surface area contributed by atoms with Gasteiger partial charge in [0.15, 0.2) is 0 Å². The van der Waals surface area contributed by atoms with Crippen LogP contribution in [0.5, 0.6) is 0 Å². The molecule has 11 heavy (non-hydrogen) atoms. The maximum atomic E-state index is 10.1. The molecule has 5 heteroatoms. The van der Waals surface area contributed by atoms with Crippen molar-refractivity contribution >= 4 is 6.09 Å². The van der Waals surface area contributed by atoms with E-state index in [1.165, 1.54) is 0 Å². The quantitative estimate of drug-likeness (QED) is 0.480. The number of hydrogen-bond acceptors (Lipinski definition) is 3. The lowest BCUT2D eigenvalue weighted by Gasteiger charge is -2.27. The first-order valence-electron chi connectivity index (χ1n) is 3.45. The summed E-state index contributed by atoms with van der Waals surface area (Å²) in [5, 5.41) is 19.7. The molecule has 1 amide bonds. The van der Waals surface area contributed by atoms with Gasteiger partial charge in [0.25, 0.3) is 0 Å². The van der Waals surface area contributed by atoms with Gasteiger partial charge in [-0.15, -0.1) is 0 Å². The summed E-state index contributed by atoms with van der Waals surface area (Å²) < 4.78 is 4.97. The van der Waals surface area contributed by atoms with E-state index in [0.29, 0.717) is 13.0 Å². The smallest absolute Gasteiger partial charge is 0.405 e. The molecular weight excluding hydrogens is 150 g/mol. The van der Waals surface area contributed by atoms with Crippen LogP contribution in [0.25, 0.3) is 0 Å². The van der Waals surface area contributed by atoms with Crippen molar-refractivity contribution in [3.63, 3.8) is 0 Å². The largest absolute Gasteiger partial charge is 0.465 e. The van der Waals surface area contributed by atoms with Crippen LogP contribution in [-0.2, 0) is 4.74 Å². The van der Waals surface area contributed by atoms with Gasteiger partial charge in [0, 0.05) is 6.61 Å². The molecule has 0 radical (unpaired) electrons. The topological polar surface area (TPSA) is 78.8 Å². The summed E-state index contributed by atoms with van der Waals surface area (Å²) in [6.07, 6.45) is -1.25. The number of carboxylic acid groups (broad SMARTS) is 1. The second-order valence-corrected chi connectivity index (χ2v) is 2.49. The van der Waals surface area contributed by atoms with E-state index in [1.807, 2.05) is 0 Å². The molecule has 64 valence electrons. The molecule has 0 spiro atoms. The fraction of sp³-hybridized carbons (Fsp3) is 0.833. The van der Waals surface area contributed by atoms with Crippen molar-refractivity contribution in [3.05, 3.63) is 0 Å². The molecule has 1 aliphatic rings. The Morgan fingerprint density at radius 3 is 2.91 bits per heavy atom. The highest BCUT2D eigenvalue weighted by Crippen LogP contribution is 2.06. The predicted octanol–water partition coefficient (Wildman–Crippen LogP) is -0.596. The fourth-order valence-electron chi connectivity index (χ4n) is 1.02. The van der Waals surface area contributed by atoms with Gasteiger partial charge in [0.1, 0.15) is 0 Å². The summed E-state index contributed by atoms with van der Waals surface area (Å²) in [4.78, 5) is 10.1. The molecule has 0 bridgehead atoms. The zero-order valence-corrected chi connectivity index (χ0v) is 5.99. The van der Waals surface area contributed by atoms with Gasteiger partial charge in [-0.05, 0) is 6.42 Å². The molecule has 0 unspecified atom stereocenters. The highest BCUT2D eigenvalue weighted by atomic mass is 16.5. The van der Waals surface area contributed by atoms with Gasteiger partial charge in [-0.25, -0.2) is 4.79 Å². The number of ether oxygens (including phenoxy) is 1. The minimum absolute atomic E-state index is 0.257. The van der Waals surface area contributed by atoms with Crippen LogP contribution in [0.3, 0.4) is 0 Å². The van der Waals surface area contributed by atoms with Crippen LogP contribution >= 0.6 is 0 Å². The molecule has 1 fully saturated rings. The first-order valence-corrected chi connectivity index (χ1v) is 3.45. The second kappa shape index (κ2) is 3.54. The van der Waals surface area contributed by atoms with E-state index in [-0.39, 0.29) is 6.61 Å². The Balaban J connectivity index is 2.35. The van der Waals surface area contributed by atoms with E-state index in [0.717, 1.165) is 0 Å². The van der Waals surface area contributed by atoms with Crippen molar-refractivity contribution in [3.8, 4) is 0 Å². The van der Waals surface area contributed by atoms with Gasteiger partial charge in [-0.2, -0.15) is 0 Å². The summed E-state index contributed by atoms with van der Waals surface area (Å²) in [5.74, 6) is 0. The molecule has 0 aromatic rings. The number of aliphatic hydroxyl groups is 1. The zero-order chi connectivity index (χ0) is 8.27. The number of amides is 1. The van der Waals surface area contributed by atoms with Crippen molar-refractivity contribution in [2.45, 2.75) is 18.6 Å². The third-order valence-corrected chi connectivity index (χ3v) is 1.63. The highest BCUT2D eigenvalue weighted by Gasteiger charge is 2.24. The Kier molecular flexibility index (Phi) is 2.67. The molecule has 3 N–H and O–H groups in total. The number of nitrogens with one attached hydrogen (secondary N) is 1. The number of rotatable bonds is 1. The molecule has 0 aliphatic carbocycles. The monoisotopic (exact) mass is 161 g/mol. The molecule has 5 nitrogen and oxygen atoms in total. The van der Waals surface area contributed by atoms with Gasteiger partial charge >= 0.3 is 6.09 Å². The lowest BCUT2D eigenvalue weighted by molar-refractivity contribution is -0.0139. The molecule has 1 aliphatic heterocycles. The minimum Gasteiger partial charge on any atom is -0.465 e. The van der Waals surface area contributed by atoms with Crippen molar-refractivity contribution in [2.24, 2.45) is 0 Å². The molecule has 1 saturated heterocycles. The molecule has 0 saturated carbocycles. The second-order valence-electron chi connectivity index (χ2n) is 2.49. The average Bonchev–Trinajstić information content (AvgIpc) is 1.93. The average molecular weight is 161 g/mol. The highest BCUT2D eigenvalue weighted by molar-refractivity contribution is 5.64. The summed E-state index contributed by atoms with van der Waals surface area (Å²) in [5.41, 5.74) is 0. The van der Waals surface area contributed by atoms with Crippen LogP contribution in [0.4, 0.5) is 4.79 Å². The van der Waals surface area contributed by atoms with Gasteiger partial charge in [-0.1, -0.05) is 0 Å². The van der Waals surface area contributed by atoms with Crippen LogP contribution < -0.4 is 5.32 Å². The van der Waals surface area contributed by atoms with Crippen LogP contribution in [0.15, 0.2) is 0 Å². The van der Waals surface area contributed by atoms with E-state index in [1.54, 1.807) is 0 Å². The van der Waals surface area contributed by atoms with Crippen LogP contribution in [0.1, 0.15) is 6.42 Å². The normalized spacial score (nSPS) is 31.4. The van der Waals surface area contributed by atoms with Crippen LogP contribution in [0.2, 0.25) is 0 Å². The molecule has 2 atom stereocenters. The Labute approximate surface area is 64.0 Å². The molecule has 1 heterocycles. The Morgan fingerprint density at radius 1 is 1.64 bits per heavy atom.